The lowest BCUT2D eigenvalue weighted by Gasteiger charge is -2.07. The molecule has 0 radical (unpaired) electrons. The van der Waals surface area contributed by atoms with E-state index < -0.39 is 0 Å². The summed E-state index contributed by atoms with van der Waals surface area (Å²) >= 11 is 0. The summed E-state index contributed by atoms with van der Waals surface area (Å²) in [5.74, 6) is 0.788. The van der Waals surface area contributed by atoms with Gasteiger partial charge >= 0.3 is 0 Å². The van der Waals surface area contributed by atoms with E-state index in [0.717, 1.165) is 11.1 Å². The summed E-state index contributed by atoms with van der Waals surface area (Å²) in [5, 5.41) is 1.60. The van der Waals surface area contributed by atoms with Crippen molar-refractivity contribution in [3.8, 4) is 5.75 Å². The molecule has 0 saturated heterocycles. The smallest absolute Gasteiger partial charge is 0.258 e. The van der Waals surface area contributed by atoms with Crippen LogP contribution in [0.25, 0.3) is 10.8 Å². The number of fused-ring (bicyclic) bond motifs is 1. The highest BCUT2D eigenvalue weighted by molar-refractivity contribution is 5.82. The van der Waals surface area contributed by atoms with Crippen molar-refractivity contribution in [2.45, 2.75) is 13.5 Å². The fourth-order valence-corrected chi connectivity index (χ4v) is 1.84. The minimum Gasteiger partial charge on any atom is -0.494 e. The zero-order chi connectivity index (χ0) is 12.3. The molecule has 1 aromatic carbocycles. The Balaban J connectivity index is 2.52. The van der Waals surface area contributed by atoms with Gasteiger partial charge in [0.15, 0.2) is 0 Å². The molecule has 0 saturated carbocycles. The van der Waals surface area contributed by atoms with Crippen LogP contribution in [0.3, 0.4) is 0 Å². The molecule has 0 aliphatic rings. The Morgan fingerprint density at radius 1 is 1.35 bits per heavy atom. The van der Waals surface area contributed by atoms with Gasteiger partial charge < -0.3 is 15.0 Å². The van der Waals surface area contributed by atoms with E-state index in [1.165, 1.54) is 0 Å². The Bertz CT molecular complexity index is 575. The molecule has 0 unspecified atom stereocenters. The first-order valence-electron chi connectivity index (χ1n) is 5.72. The predicted octanol–water partition coefficient (Wildman–Crippen LogP) is 1.36. The van der Waals surface area contributed by atoms with Crippen LogP contribution in [0.15, 0.2) is 35.3 Å². The molecule has 2 aromatic rings. The van der Waals surface area contributed by atoms with E-state index in [9.17, 15) is 4.79 Å². The van der Waals surface area contributed by atoms with Crippen LogP contribution in [0.1, 0.15) is 6.92 Å². The fraction of sp³-hybridized carbons (Fsp3) is 0.308. The first-order valence-corrected chi connectivity index (χ1v) is 5.72. The van der Waals surface area contributed by atoms with Gasteiger partial charge in [-0.3, -0.25) is 4.79 Å². The molecule has 0 bridgehead atoms. The molecule has 0 aliphatic heterocycles. The van der Waals surface area contributed by atoms with Crippen LogP contribution in [0.2, 0.25) is 0 Å². The number of hydrogen-bond donors (Lipinski definition) is 1. The zero-order valence-corrected chi connectivity index (χ0v) is 9.85. The quantitative estimate of drug-likeness (QED) is 0.866. The Morgan fingerprint density at radius 2 is 2.18 bits per heavy atom. The van der Waals surface area contributed by atoms with Crippen molar-refractivity contribution >= 4 is 10.8 Å². The highest BCUT2D eigenvalue weighted by Crippen LogP contribution is 2.18. The molecule has 90 valence electrons. The van der Waals surface area contributed by atoms with Gasteiger partial charge in [-0.15, -0.1) is 0 Å². The van der Waals surface area contributed by atoms with E-state index >= 15 is 0 Å². The Morgan fingerprint density at radius 3 is 2.88 bits per heavy atom. The summed E-state index contributed by atoms with van der Waals surface area (Å²) in [6, 6.07) is 7.41. The van der Waals surface area contributed by atoms with Crippen LogP contribution >= 0.6 is 0 Å². The third-order valence-electron chi connectivity index (χ3n) is 2.63. The van der Waals surface area contributed by atoms with Gasteiger partial charge in [-0.05, 0) is 36.6 Å². The number of benzene rings is 1. The molecular weight excluding hydrogens is 216 g/mol. The number of nitrogens with zero attached hydrogens (tertiary/aromatic N) is 1. The average Bonchev–Trinajstić information content (AvgIpc) is 2.33. The number of nitrogens with two attached hydrogens (primary N) is 1. The Labute approximate surface area is 99.6 Å². The van der Waals surface area contributed by atoms with Crippen molar-refractivity contribution in [3.05, 3.63) is 40.8 Å². The number of hydrogen-bond acceptors (Lipinski definition) is 3. The fourth-order valence-electron chi connectivity index (χ4n) is 1.84. The molecular formula is C13H16N2O2. The van der Waals surface area contributed by atoms with Gasteiger partial charge in [0.25, 0.3) is 5.56 Å². The van der Waals surface area contributed by atoms with Crippen LogP contribution < -0.4 is 16.0 Å². The lowest BCUT2D eigenvalue weighted by Crippen LogP contribution is -2.23. The molecule has 4 nitrogen and oxygen atoms in total. The van der Waals surface area contributed by atoms with Crippen molar-refractivity contribution in [2.75, 3.05) is 13.2 Å². The lowest BCUT2D eigenvalue weighted by molar-refractivity contribution is 0.340. The Kier molecular flexibility index (Phi) is 3.44. The normalized spacial score (nSPS) is 10.7. The van der Waals surface area contributed by atoms with Crippen LogP contribution in [0.4, 0.5) is 0 Å². The standard InChI is InChI=1S/C13H16N2O2/c1-2-17-11-3-4-12-10(9-11)5-7-15(8-6-14)13(12)16/h3-5,7,9H,2,6,8,14H2,1H3. The van der Waals surface area contributed by atoms with E-state index in [1.807, 2.05) is 25.1 Å². The summed E-state index contributed by atoms with van der Waals surface area (Å²) in [7, 11) is 0. The maximum absolute atomic E-state index is 12.1. The second-order valence-corrected chi connectivity index (χ2v) is 3.79. The van der Waals surface area contributed by atoms with Gasteiger partial charge in [0.2, 0.25) is 0 Å². The molecule has 0 spiro atoms. The summed E-state index contributed by atoms with van der Waals surface area (Å²) in [4.78, 5) is 12.1. The van der Waals surface area contributed by atoms with E-state index in [2.05, 4.69) is 0 Å². The van der Waals surface area contributed by atoms with Gasteiger partial charge in [0.05, 0.1) is 6.61 Å². The van der Waals surface area contributed by atoms with E-state index in [0.29, 0.717) is 25.1 Å². The van der Waals surface area contributed by atoms with Crippen LogP contribution in [0.5, 0.6) is 5.75 Å². The molecule has 1 aromatic heterocycles. The summed E-state index contributed by atoms with van der Waals surface area (Å²) in [6.07, 6.45) is 1.77. The van der Waals surface area contributed by atoms with E-state index in [4.69, 9.17) is 10.5 Å². The molecule has 4 heteroatoms. The van der Waals surface area contributed by atoms with E-state index in [-0.39, 0.29) is 5.56 Å². The van der Waals surface area contributed by atoms with Crippen molar-refractivity contribution in [2.24, 2.45) is 5.73 Å². The number of pyridine rings is 1. The van der Waals surface area contributed by atoms with Crippen molar-refractivity contribution in [1.29, 1.82) is 0 Å². The van der Waals surface area contributed by atoms with Gasteiger partial charge in [0.1, 0.15) is 5.75 Å². The third kappa shape index (κ3) is 2.31. The molecule has 1 heterocycles. The molecule has 0 aliphatic carbocycles. The largest absolute Gasteiger partial charge is 0.494 e. The summed E-state index contributed by atoms with van der Waals surface area (Å²) < 4.78 is 7.03. The van der Waals surface area contributed by atoms with Crippen LogP contribution in [-0.4, -0.2) is 17.7 Å². The lowest BCUT2D eigenvalue weighted by atomic mass is 10.1. The average molecular weight is 232 g/mol. The van der Waals surface area contributed by atoms with E-state index in [1.54, 1.807) is 16.8 Å². The first kappa shape index (κ1) is 11.7. The van der Waals surface area contributed by atoms with Crippen LogP contribution in [-0.2, 0) is 6.54 Å². The molecule has 2 rings (SSSR count). The topological polar surface area (TPSA) is 57.2 Å². The van der Waals surface area contributed by atoms with Gasteiger partial charge in [-0.1, -0.05) is 0 Å². The minimum atomic E-state index is -0.00371. The summed E-state index contributed by atoms with van der Waals surface area (Å²) in [6.45, 7) is 3.56. The van der Waals surface area contributed by atoms with Gasteiger partial charge in [-0.25, -0.2) is 0 Å². The molecule has 0 atom stereocenters. The van der Waals surface area contributed by atoms with Crippen LogP contribution in [0, 0.1) is 0 Å². The molecule has 0 amide bonds. The second kappa shape index (κ2) is 5.01. The summed E-state index contributed by atoms with van der Waals surface area (Å²) in [5.41, 5.74) is 5.45. The SMILES string of the molecule is CCOc1ccc2c(=O)n(CCN)ccc2c1. The second-order valence-electron chi connectivity index (χ2n) is 3.79. The van der Waals surface area contributed by atoms with Gasteiger partial charge in [-0.2, -0.15) is 0 Å². The molecule has 17 heavy (non-hydrogen) atoms. The maximum atomic E-state index is 12.1. The van der Waals surface area contributed by atoms with Crippen molar-refractivity contribution in [1.82, 2.24) is 4.57 Å². The van der Waals surface area contributed by atoms with Crippen molar-refractivity contribution < 1.29 is 4.74 Å². The van der Waals surface area contributed by atoms with Gasteiger partial charge in [0, 0.05) is 24.7 Å². The maximum Gasteiger partial charge on any atom is 0.258 e. The third-order valence-corrected chi connectivity index (χ3v) is 2.63. The minimum absolute atomic E-state index is 0.00371. The zero-order valence-electron chi connectivity index (χ0n) is 9.85. The molecule has 2 N–H and O–H groups in total. The van der Waals surface area contributed by atoms with Crippen molar-refractivity contribution in [3.63, 3.8) is 0 Å². The molecule has 0 fully saturated rings. The highest BCUT2D eigenvalue weighted by Gasteiger charge is 2.03. The first-order chi connectivity index (χ1) is 8.26. The highest BCUT2D eigenvalue weighted by atomic mass is 16.5. The predicted molar refractivity (Wildman–Crippen MR) is 68.4 cm³/mol. The number of rotatable bonds is 4. The number of aromatic nitrogens is 1. The number of ether oxygens (including phenoxy) is 1. The Hall–Kier alpha value is -1.81. The monoisotopic (exact) mass is 232 g/mol.